The summed E-state index contributed by atoms with van der Waals surface area (Å²) in [4.78, 5) is 26.5. The molecule has 0 aliphatic heterocycles. The van der Waals surface area contributed by atoms with Crippen LogP contribution in [0.5, 0.6) is 0 Å². The molecule has 0 saturated carbocycles. The number of aromatic nitrogens is 1. The molecule has 1 heterocycles. The van der Waals surface area contributed by atoms with Crippen LogP contribution < -0.4 is 5.73 Å². The molecule has 6 nitrogen and oxygen atoms in total. The highest BCUT2D eigenvalue weighted by Crippen LogP contribution is 2.35. The van der Waals surface area contributed by atoms with E-state index in [1.54, 1.807) is 25.1 Å². The van der Waals surface area contributed by atoms with E-state index in [0.29, 0.717) is 21.3 Å². The Hall–Kier alpha value is -1.67. The van der Waals surface area contributed by atoms with Gasteiger partial charge in [0.05, 0.1) is 17.1 Å². The van der Waals surface area contributed by atoms with Gasteiger partial charge in [0.15, 0.2) is 0 Å². The molecule has 0 fully saturated rings. The minimum Gasteiger partial charge on any atom is -0.481 e. The lowest BCUT2D eigenvalue weighted by Crippen LogP contribution is -2.16. The van der Waals surface area contributed by atoms with Crippen LogP contribution in [0.25, 0.3) is 10.6 Å². The number of thiazole rings is 1. The molecule has 0 aliphatic rings. The summed E-state index contributed by atoms with van der Waals surface area (Å²) in [6.07, 6.45) is -0.0884. The average Bonchev–Trinajstić information content (AvgIpc) is 2.87. The lowest BCUT2D eigenvalue weighted by Gasteiger charge is -2.14. The van der Waals surface area contributed by atoms with Crippen molar-refractivity contribution in [1.29, 1.82) is 0 Å². The summed E-state index contributed by atoms with van der Waals surface area (Å²) < 4.78 is 0. The van der Waals surface area contributed by atoms with Crippen LogP contribution in [-0.4, -0.2) is 33.7 Å². The lowest BCUT2D eigenvalue weighted by molar-refractivity contribution is -0.137. The van der Waals surface area contributed by atoms with Gasteiger partial charge in [0, 0.05) is 11.5 Å². The number of carboxylic acids is 2. The SMILES string of the molecule is Cc1nc(-c2cc([C@H](CN)CC(=O)O)ccc2Cl)sc1C(=O)O.Cl. The average molecular weight is 391 g/mol. The number of carbonyl (C=O) groups is 2. The second-order valence-corrected chi connectivity index (χ2v) is 6.41. The number of nitrogens with two attached hydrogens (primary N) is 1. The Bertz CT molecular complexity index is 764. The van der Waals surface area contributed by atoms with Crippen molar-refractivity contribution in [3.05, 3.63) is 39.4 Å². The van der Waals surface area contributed by atoms with Gasteiger partial charge in [0.25, 0.3) is 0 Å². The fourth-order valence-electron chi connectivity index (χ4n) is 2.22. The molecule has 24 heavy (non-hydrogen) atoms. The molecule has 0 saturated heterocycles. The fraction of sp³-hybridized carbons (Fsp3) is 0.267. The number of halogens is 2. The van der Waals surface area contributed by atoms with Crippen LogP contribution in [0.2, 0.25) is 5.02 Å². The van der Waals surface area contributed by atoms with E-state index in [2.05, 4.69) is 4.98 Å². The number of aliphatic carboxylic acids is 1. The number of carboxylic acid groups (broad SMARTS) is 2. The molecule has 1 atom stereocenters. The summed E-state index contributed by atoms with van der Waals surface area (Å²) in [5.41, 5.74) is 7.39. The molecule has 9 heteroatoms. The first-order valence-corrected chi connectivity index (χ1v) is 7.95. The van der Waals surface area contributed by atoms with Crippen molar-refractivity contribution in [1.82, 2.24) is 4.98 Å². The van der Waals surface area contributed by atoms with Gasteiger partial charge in [0.2, 0.25) is 0 Å². The highest BCUT2D eigenvalue weighted by Gasteiger charge is 2.19. The van der Waals surface area contributed by atoms with Crippen molar-refractivity contribution in [3.63, 3.8) is 0 Å². The molecule has 2 rings (SSSR count). The fourth-order valence-corrected chi connectivity index (χ4v) is 3.42. The number of aromatic carboxylic acids is 1. The highest BCUT2D eigenvalue weighted by molar-refractivity contribution is 7.17. The Morgan fingerprint density at radius 1 is 1.38 bits per heavy atom. The Balaban J connectivity index is 0.00000288. The second-order valence-electron chi connectivity index (χ2n) is 5.01. The predicted octanol–water partition coefficient (Wildman–Crippen LogP) is 3.41. The Morgan fingerprint density at radius 3 is 2.54 bits per heavy atom. The first-order chi connectivity index (χ1) is 10.8. The molecule has 2 aromatic rings. The standard InChI is InChI=1S/C15H15ClN2O4S.ClH/c1-7-13(15(21)22)23-14(18-7)10-4-8(2-3-11(10)16)9(6-17)5-12(19)20;/h2-4,9H,5-6,17H2,1H3,(H,19,20)(H,21,22);1H/t9-;/m0./s1. The van der Waals surface area contributed by atoms with Crippen LogP contribution in [0.1, 0.15) is 33.3 Å². The van der Waals surface area contributed by atoms with Crippen molar-refractivity contribution >= 4 is 47.3 Å². The van der Waals surface area contributed by atoms with Gasteiger partial charge >= 0.3 is 11.9 Å². The van der Waals surface area contributed by atoms with Crippen LogP contribution in [0.4, 0.5) is 0 Å². The zero-order valence-electron chi connectivity index (χ0n) is 12.7. The van der Waals surface area contributed by atoms with E-state index in [0.717, 1.165) is 16.9 Å². The molecule has 1 aromatic heterocycles. The maximum absolute atomic E-state index is 11.1. The molecular weight excluding hydrogens is 375 g/mol. The number of hydrogen-bond acceptors (Lipinski definition) is 5. The molecule has 0 amide bonds. The summed E-state index contributed by atoms with van der Waals surface area (Å²) in [6, 6.07) is 5.10. The van der Waals surface area contributed by atoms with Gasteiger partial charge < -0.3 is 15.9 Å². The third-order valence-corrected chi connectivity index (χ3v) is 4.90. The first-order valence-electron chi connectivity index (χ1n) is 6.75. The molecule has 1 aromatic carbocycles. The van der Waals surface area contributed by atoms with E-state index in [1.165, 1.54) is 0 Å². The molecule has 0 aliphatic carbocycles. The van der Waals surface area contributed by atoms with E-state index in [9.17, 15) is 9.59 Å². The molecule has 4 N–H and O–H groups in total. The lowest BCUT2D eigenvalue weighted by atomic mass is 9.94. The van der Waals surface area contributed by atoms with Crippen LogP contribution in [0.15, 0.2) is 18.2 Å². The van der Waals surface area contributed by atoms with E-state index in [4.69, 9.17) is 27.5 Å². The van der Waals surface area contributed by atoms with Gasteiger partial charge in [-0.15, -0.1) is 23.7 Å². The smallest absolute Gasteiger partial charge is 0.347 e. The zero-order chi connectivity index (χ0) is 17.1. The summed E-state index contributed by atoms with van der Waals surface area (Å²) in [7, 11) is 0. The van der Waals surface area contributed by atoms with E-state index >= 15 is 0 Å². The number of rotatable bonds is 6. The molecule has 0 radical (unpaired) electrons. The van der Waals surface area contributed by atoms with E-state index in [1.807, 2.05) is 0 Å². The van der Waals surface area contributed by atoms with Crippen molar-refractivity contribution in [3.8, 4) is 10.6 Å². The molecule has 0 bridgehead atoms. The Morgan fingerprint density at radius 2 is 2.04 bits per heavy atom. The number of aryl methyl sites for hydroxylation is 1. The van der Waals surface area contributed by atoms with Crippen molar-refractivity contribution in [2.24, 2.45) is 5.73 Å². The minimum absolute atomic E-state index is 0. The Labute approximate surface area is 153 Å². The van der Waals surface area contributed by atoms with Gasteiger partial charge in [-0.1, -0.05) is 17.7 Å². The Kier molecular flexibility index (Phi) is 7.16. The number of benzene rings is 1. The second kappa shape index (κ2) is 8.43. The van der Waals surface area contributed by atoms with Gasteiger partial charge in [0.1, 0.15) is 9.88 Å². The highest BCUT2D eigenvalue weighted by atomic mass is 35.5. The van der Waals surface area contributed by atoms with Crippen LogP contribution in [0.3, 0.4) is 0 Å². The quantitative estimate of drug-likeness (QED) is 0.696. The van der Waals surface area contributed by atoms with Crippen molar-refractivity contribution in [2.45, 2.75) is 19.3 Å². The van der Waals surface area contributed by atoms with Crippen molar-refractivity contribution in [2.75, 3.05) is 6.54 Å². The summed E-state index contributed by atoms with van der Waals surface area (Å²) in [6.45, 7) is 1.80. The molecule has 130 valence electrons. The van der Waals surface area contributed by atoms with Crippen molar-refractivity contribution < 1.29 is 19.8 Å². The summed E-state index contributed by atoms with van der Waals surface area (Å²) in [5, 5.41) is 19.0. The monoisotopic (exact) mass is 390 g/mol. The third kappa shape index (κ3) is 4.45. The predicted molar refractivity (Wildman–Crippen MR) is 95.6 cm³/mol. The maximum atomic E-state index is 11.1. The number of nitrogens with zero attached hydrogens (tertiary/aromatic N) is 1. The van der Waals surface area contributed by atoms with Gasteiger partial charge in [-0.3, -0.25) is 4.79 Å². The number of hydrogen-bond donors (Lipinski definition) is 3. The first kappa shape index (κ1) is 20.4. The zero-order valence-corrected chi connectivity index (χ0v) is 15.0. The molecular formula is C15H16Cl2N2O4S. The van der Waals surface area contributed by atoms with E-state index in [-0.39, 0.29) is 36.2 Å². The largest absolute Gasteiger partial charge is 0.481 e. The minimum atomic E-state index is -1.04. The summed E-state index contributed by atoms with van der Waals surface area (Å²) >= 11 is 7.23. The normalized spacial score (nSPS) is 11.6. The van der Waals surface area contributed by atoms with Gasteiger partial charge in [-0.2, -0.15) is 0 Å². The molecule has 0 unspecified atom stereocenters. The van der Waals surface area contributed by atoms with Crippen LogP contribution >= 0.6 is 35.3 Å². The van der Waals surface area contributed by atoms with Gasteiger partial charge in [-0.05, 0) is 31.2 Å². The third-order valence-electron chi connectivity index (χ3n) is 3.39. The maximum Gasteiger partial charge on any atom is 0.347 e. The topological polar surface area (TPSA) is 114 Å². The summed E-state index contributed by atoms with van der Waals surface area (Å²) in [5.74, 6) is -2.32. The van der Waals surface area contributed by atoms with Crippen LogP contribution in [0, 0.1) is 6.92 Å². The van der Waals surface area contributed by atoms with E-state index < -0.39 is 11.9 Å². The van der Waals surface area contributed by atoms with Crippen LogP contribution in [-0.2, 0) is 4.79 Å². The van der Waals surface area contributed by atoms with Gasteiger partial charge in [-0.25, -0.2) is 9.78 Å². The molecule has 0 spiro atoms.